The summed E-state index contributed by atoms with van der Waals surface area (Å²) in [5.74, 6) is 0.940. The molecule has 0 saturated carbocycles. The van der Waals surface area contributed by atoms with Crippen molar-refractivity contribution in [3.63, 3.8) is 0 Å². The van der Waals surface area contributed by atoms with Crippen LogP contribution in [0.1, 0.15) is 31.2 Å². The van der Waals surface area contributed by atoms with Gasteiger partial charge in [-0.25, -0.2) is 0 Å². The molecule has 2 fully saturated rings. The van der Waals surface area contributed by atoms with Gasteiger partial charge < -0.3 is 9.80 Å². The Kier molecular flexibility index (Phi) is 5.68. The van der Waals surface area contributed by atoms with E-state index in [2.05, 4.69) is 52.0 Å². The van der Waals surface area contributed by atoms with Crippen LogP contribution in [0.2, 0.25) is 0 Å². The van der Waals surface area contributed by atoms with E-state index in [9.17, 15) is 4.79 Å². The van der Waals surface area contributed by atoms with Gasteiger partial charge in [0.1, 0.15) is 0 Å². The van der Waals surface area contributed by atoms with Crippen LogP contribution < -0.4 is 0 Å². The molecule has 3 rings (SSSR count). The Morgan fingerprint density at radius 2 is 1.57 bits per heavy atom. The van der Waals surface area contributed by atoms with Crippen LogP contribution in [0.4, 0.5) is 0 Å². The molecule has 1 aromatic rings. The highest BCUT2D eigenvalue weighted by atomic mass is 16.2. The number of nitrogens with zero attached hydrogens (tertiary/aromatic N) is 3. The van der Waals surface area contributed by atoms with Crippen molar-refractivity contribution in [2.45, 2.75) is 25.7 Å². The third-order valence-electron chi connectivity index (χ3n) is 5.39. The Morgan fingerprint density at radius 3 is 2.17 bits per heavy atom. The minimum atomic E-state index is 0.321. The van der Waals surface area contributed by atoms with Crippen molar-refractivity contribution < 1.29 is 4.79 Å². The van der Waals surface area contributed by atoms with Crippen molar-refractivity contribution in [3.8, 4) is 0 Å². The number of hydrogen-bond acceptors (Lipinski definition) is 3. The average molecular weight is 315 g/mol. The highest BCUT2D eigenvalue weighted by Crippen LogP contribution is 2.27. The average Bonchev–Trinajstić information content (AvgIpc) is 2.63. The van der Waals surface area contributed by atoms with Crippen LogP contribution in [0.3, 0.4) is 0 Å². The molecule has 1 amide bonds. The number of likely N-dealkylation sites (tertiary alicyclic amines) is 1. The van der Waals surface area contributed by atoms with Gasteiger partial charge in [0, 0.05) is 39.3 Å². The van der Waals surface area contributed by atoms with Gasteiger partial charge in [0.05, 0.1) is 6.54 Å². The first-order valence-corrected chi connectivity index (χ1v) is 9.03. The standard InChI is InChI=1S/C19H29N3O/c1-2-20-12-14-21(15-13-20)16-19(23)22-10-8-18(9-11-22)17-6-4-3-5-7-17/h3-7,18H,2,8-16H2,1H3. The zero-order chi connectivity index (χ0) is 16.1. The molecule has 0 atom stereocenters. The summed E-state index contributed by atoms with van der Waals surface area (Å²) >= 11 is 0. The Balaban J connectivity index is 1.43. The SMILES string of the molecule is CCN1CCN(CC(=O)N2CCC(c3ccccc3)CC2)CC1. The van der Waals surface area contributed by atoms with Crippen molar-refractivity contribution in [2.75, 3.05) is 52.4 Å². The van der Waals surface area contributed by atoms with Crippen LogP contribution in [0.25, 0.3) is 0 Å². The van der Waals surface area contributed by atoms with Crippen molar-refractivity contribution >= 4 is 5.91 Å². The van der Waals surface area contributed by atoms with Gasteiger partial charge in [-0.05, 0) is 30.9 Å². The number of piperidine rings is 1. The van der Waals surface area contributed by atoms with Gasteiger partial charge in [-0.1, -0.05) is 37.3 Å². The second kappa shape index (κ2) is 7.93. The van der Waals surface area contributed by atoms with Crippen LogP contribution in [-0.4, -0.2) is 73.0 Å². The first-order valence-electron chi connectivity index (χ1n) is 9.03. The predicted molar refractivity (Wildman–Crippen MR) is 93.6 cm³/mol. The first kappa shape index (κ1) is 16.5. The molecule has 2 aliphatic heterocycles. The Bertz CT molecular complexity index is 489. The zero-order valence-electron chi connectivity index (χ0n) is 14.3. The maximum absolute atomic E-state index is 12.5. The van der Waals surface area contributed by atoms with Crippen LogP contribution >= 0.6 is 0 Å². The van der Waals surface area contributed by atoms with E-state index in [-0.39, 0.29) is 0 Å². The topological polar surface area (TPSA) is 26.8 Å². The van der Waals surface area contributed by atoms with Crippen molar-refractivity contribution in [1.29, 1.82) is 0 Å². The fraction of sp³-hybridized carbons (Fsp3) is 0.632. The summed E-state index contributed by atoms with van der Waals surface area (Å²) < 4.78 is 0. The molecule has 0 N–H and O–H groups in total. The minimum Gasteiger partial charge on any atom is -0.342 e. The molecule has 23 heavy (non-hydrogen) atoms. The molecule has 126 valence electrons. The van der Waals surface area contributed by atoms with Gasteiger partial charge in [-0.2, -0.15) is 0 Å². The second-order valence-corrected chi connectivity index (χ2v) is 6.78. The van der Waals surface area contributed by atoms with E-state index in [0.29, 0.717) is 18.4 Å². The molecule has 2 aliphatic rings. The normalized spacial score (nSPS) is 21.5. The van der Waals surface area contributed by atoms with Gasteiger partial charge in [-0.15, -0.1) is 0 Å². The molecule has 4 nitrogen and oxygen atoms in total. The third-order valence-corrected chi connectivity index (χ3v) is 5.39. The lowest BCUT2D eigenvalue weighted by Crippen LogP contribution is -2.50. The fourth-order valence-electron chi connectivity index (χ4n) is 3.74. The van der Waals surface area contributed by atoms with E-state index in [1.165, 1.54) is 5.56 Å². The van der Waals surface area contributed by atoms with Crippen molar-refractivity contribution in [1.82, 2.24) is 14.7 Å². The summed E-state index contributed by atoms with van der Waals surface area (Å²) in [6.07, 6.45) is 2.19. The van der Waals surface area contributed by atoms with Gasteiger partial charge >= 0.3 is 0 Å². The summed E-state index contributed by atoms with van der Waals surface area (Å²) in [5, 5.41) is 0. The molecule has 0 spiro atoms. The van der Waals surface area contributed by atoms with E-state index in [0.717, 1.165) is 58.7 Å². The largest absolute Gasteiger partial charge is 0.342 e. The van der Waals surface area contributed by atoms with Crippen LogP contribution in [0.5, 0.6) is 0 Å². The van der Waals surface area contributed by atoms with Crippen LogP contribution in [0, 0.1) is 0 Å². The summed E-state index contributed by atoms with van der Waals surface area (Å²) in [6.45, 7) is 10.0. The molecule has 0 unspecified atom stereocenters. The van der Waals surface area contributed by atoms with Crippen molar-refractivity contribution in [2.24, 2.45) is 0 Å². The van der Waals surface area contributed by atoms with Gasteiger partial charge in [0.2, 0.25) is 5.91 Å². The number of benzene rings is 1. The Morgan fingerprint density at radius 1 is 0.957 bits per heavy atom. The second-order valence-electron chi connectivity index (χ2n) is 6.78. The van der Waals surface area contributed by atoms with Crippen LogP contribution in [0.15, 0.2) is 30.3 Å². The molecular weight excluding hydrogens is 286 g/mol. The van der Waals surface area contributed by atoms with Crippen molar-refractivity contribution in [3.05, 3.63) is 35.9 Å². The quantitative estimate of drug-likeness (QED) is 0.851. The highest BCUT2D eigenvalue weighted by Gasteiger charge is 2.25. The third kappa shape index (κ3) is 4.33. The summed E-state index contributed by atoms with van der Waals surface area (Å²) in [5.41, 5.74) is 1.43. The Hall–Kier alpha value is -1.39. The van der Waals surface area contributed by atoms with E-state index in [1.54, 1.807) is 0 Å². The molecule has 0 radical (unpaired) electrons. The highest BCUT2D eigenvalue weighted by molar-refractivity contribution is 5.78. The first-order chi connectivity index (χ1) is 11.3. The lowest BCUT2D eigenvalue weighted by atomic mass is 9.89. The molecule has 1 aromatic carbocycles. The van der Waals surface area contributed by atoms with Gasteiger partial charge in [0.25, 0.3) is 0 Å². The number of rotatable bonds is 4. The summed E-state index contributed by atoms with van der Waals surface area (Å²) in [4.78, 5) is 19.4. The maximum atomic E-state index is 12.5. The molecule has 4 heteroatoms. The number of amides is 1. The minimum absolute atomic E-state index is 0.321. The lowest BCUT2D eigenvalue weighted by molar-refractivity contribution is -0.133. The monoisotopic (exact) mass is 315 g/mol. The number of likely N-dealkylation sites (N-methyl/N-ethyl adjacent to an activating group) is 1. The van der Waals surface area contributed by atoms with E-state index in [1.807, 2.05) is 0 Å². The number of carbonyl (C=O) groups is 1. The van der Waals surface area contributed by atoms with E-state index in [4.69, 9.17) is 0 Å². The van der Waals surface area contributed by atoms with Crippen LogP contribution in [-0.2, 0) is 4.79 Å². The molecule has 0 aromatic heterocycles. The Labute approximate surface area is 140 Å². The fourth-order valence-corrected chi connectivity index (χ4v) is 3.74. The molecule has 2 heterocycles. The van der Waals surface area contributed by atoms with E-state index >= 15 is 0 Å². The molecule has 2 saturated heterocycles. The van der Waals surface area contributed by atoms with E-state index < -0.39 is 0 Å². The number of piperazine rings is 1. The van der Waals surface area contributed by atoms with Gasteiger partial charge in [0.15, 0.2) is 0 Å². The smallest absolute Gasteiger partial charge is 0.236 e. The lowest BCUT2D eigenvalue weighted by Gasteiger charge is -2.36. The number of carbonyl (C=O) groups excluding carboxylic acids is 1. The zero-order valence-corrected chi connectivity index (χ0v) is 14.3. The summed E-state index contributed by atoms with van der Waals surface area (Å²) in [7, 11) is 0. The predicted octanol–water partition coefficient (Wildman–Crippen LogP) is 2.03. The molecular formula is C19H29N3O. The molecule has 0 bridgehead atoms. The summed E-state index contributed by atoms with van der Waals surface area (Å²) in [6, 6.07) is 10.7. The maximum Gasteiger partial charge on any atom is 0.236 e. The molecule has 0 aliphatic carbocycles. The number of hydrogen-bond donors (Lipinski definition) is 0. The van der Waals surface area contributed by atoms with Gasteiger partial charge in [-0.3, -0.25) is 9.69 Å².